The lowest BCUT2D eigenvalue weighted by atomic mass is 10.2. The highest BCUT2D eigenvalue weighted by Crippen LogP contribution is 2.17. The van der Waals surface area contributed by atoms with Gasteiger partial charge in [-0.05, 0) is 6.92 Å². The molecule has 1 unspecified atom stereocenters. The SMILES string of the molecule is C=C1CC(C)N(C)C(=O)O1. The van der Waals surface area contributed by atoms with Crippen LogP contribution in [-0.4, -0.2) is 24.1 Å². The summed E-state index contributed by atoms with van der Waals surface area (Å²) in [4.78, 5) is 12.4. The molecule has 0 saturated carbocycles. The quantitative estimate of drug-likeness (QED) is 0.509. The second kappa shape index (κ2) is 2.33. The summed E-state index contributed by atoms with van der Waals surface area (Å²) in [7, 11) is 1.72. The van der Waals surface area contributed by atoms with Crippen molar-refractivity contribution in [1.82, 2.24) is 4.90 Å². The van der Waals surface area contributed by atoms with Crippen LogP contribution in [0, 0.1) is 0 Å². The van der Waals surface area contributed by atoms with E-state index in [4.69, 9.17) is 4.74 Å². The van der Waals surface area contributed by atoms with Crippen LogP contribution in [0.3, 0.4) is 0 Å². The van der Waals surface area contributed by atoms with Crippen molar-refractivity contribution in [3.63, 3.8) is 0 Å². The molecular formula is C7H11NO2. The van der Waals surface area contributed by atoms with Gasteiger partial charge in [-0.1, -0.05) is 6.58 Å². The Hall–Kier alpha value is -0.990. The van der Waals surface area contributed by atoms with Crippen LogP contribution in [0.5, 0.6) is 0 Å². The number of carbonyl (C=O) groups excluding carboxylic acids is 1. The molecule has 0 aromatic rings. The number of hydrogen-bond acceptors (Lipinski definition) is 2. The van der Waals surface area contributed by atoms with Crippen molar-refractivity contribution < 1.29 is 9.53 Å². The lowest BCUT2D eigenvalue weighted by Gasteiger charge is -2.29. The number of carbonyl (C=O) groups is 1. The molecule has 3 heteroatoms. The van der Waals surface area contributed by atoms with Gasteiger partial charge in [0, 0.05) is 19.5 Å². The Balaban J connectivity index is 2.66. The highest BCUT2D eigenvalue weighted by molar-refractivity contribution is 5.69. The fourth-order valence-corrected chi connectivity index (χ4v) is 0.884. The zero-order valence-corrected chi connectivity index (χ0v) is 6.26. The first-order valence-electron chi connectivity index (χ1n) is 3.23. The first kappa shape index (κ1) is 7.12. The lowest BCUT2D eigenvalue weighted by Crippen LogP contribution is -2.39. The molecule has 10 heavy (non-hydrogen) atoms. The Bertz CT molecular complexity index is 176. The van der Waals surface area contributed by atoms with Crippen molar-refractivity contribution in [2.75, 3.05) is 7.05 Å². The summed E-state index contributed by atoms with van der Waals surface area (Å²) in [6, 6.07) is 0.216. The average molecular weight is 141 g/mol. The third-order valence-corrected chi connectivity index (χ3v) is 1.70. The summed E-state index contributed by atoms with van der Waals surface area (Å²) in [6.45, 7) is 5.54. The molecule has 1 heterocycles. The van der Waals surface area contributed by atoms with Crippen LogP contribution in [0.25, 0.3) is 0 Å². The fourth-order valence-electron chi connectivity index (χ4n) is 0.884. The minimum Gasteiger partial charge on any atom is -0.415 e. The maximum absolute atomic E-state index is 10.9. The average Bonchev–Trinajstić information content (AvgIpc) is 1.82. The molecule has 3 nitrogen and oxygen atoms in total. The van der Waals surface area contributed by atoms with E-state index in [2.05, 4.69) is 6.58 Å². The molecule has 1 fully saturated rings. The number of amides is 1. The first-order chi connectivity index (χ1) is 4.61. The maximum atomic E-state index is 10.9. The molecule has 0 spiro atoms. The third kappa shape index (κ3) is 1.12. The van der Waals surface area contributed by atoms with E-state index >= 15 is 0 Å². The van der Waals surface area contributed by atoms with E-state index in [9.17, 15) is 4.79 Å². The molecule has 0 radical (unpaired) electrons. The number of hydrogen-bond donors (Lipinski definition) is 0. The van der Waals surface area contributed by atoms with Gasteiger partial charge in [-0.2, -0.15) is 0 Å². The zero-order chi connectivity index (χ0) is 7.72. The van der Waals surface area contributed by atoms with E-state index in [0.29, 0.717) is 5.76 Å². The van der Waals surface area contributed by atoms with Crippen molar-refractivity contribution in [1.29, 1.82) is 0 Å². The maximum Gasteiger partial charge on any atom is 0.414 e. The van der Waals surface area contributed by atoms with Gasteiger partial charge in [0.1, 0.15) is 5.76 Å². The number of nitrogens with zero attached hydrogens (tertiary/aromatic N) is 1. The van der Waals surface area contributed by atoms with Gasteiger partial charge in [0.25, 0.3) is 0 Å². The van der Waals surface area contributed by atoms with Crippen LogP contribution in [0.2, 0.25) is 0 Å². The van der Waals surface area contributed by atoms with Gasteiger partial charge < -0.3 is 9.64 Å². The van der Waals surface area contributed by atoms with Crippen molar-refractivity contribution in [3.8, 4) is 0 Å². The molecule has 0 bridgehead atoms. The molecular weight excluding hydrogens is 130 g/mol. The molecule has 0 aliphatic carbocycles. The van der Waals surface area contributed by atoms with Crippen LogP contribution in [0.4, 0.5) is 4.79 Å². The van der Waals surface area contributed by atoms with Crippen LogP contribution < -0.4 is 0 Å². The van der Waals surface area contributed by atoms with Crippen LogP contribution >= 0.6 is 0 Å². The summed E-state index contributed by atoms with van der Waals surface area (Å²) in [5.41, 5.74) is 0. The van der Waals surface area contributed by atoms with E-state index in [1.807, 2.05) is 6.92 Å². The molecule has 1 rings (SSSR count). The standard InChI is InChI=1S/C7H11NO2/c1-5-4-6(2)10-7(9)8(5)3/h5H,2,4H2,1,3H3. The molecule has 1 atom stereocenters. The van der Waals surface area contributed by atoms with E-state index < -0.39 is 0 Å². The van der Waals surface area contributed by atoms with E-state index in [-0.39, 0.29) is 12.1 Å². The van der Waals surface area contributed by atoms with Gasteiger partial charge in [0.05, 0.1) is 0 Å². The smallest absolute Gasteiger partial charge is 0.414 e. The van der Waals surface area contributed by atoms with Crippen LogP contribution in [0.1, 0.15) is 13.3 Å². The molecule has 0 aromatic carbocycles. The zero-order valence-electron chi connectivity index (χ0n) is 6.26. The molecule has 1 amide bonds. The predicted molar refractivity (Wildman–Crippen MR) is 37.5 cm³/mol. The second-order valence-corrected chi connectivity index (χ2v) is 2.57. The summed E-state index contributed by atoms with van der Waals surface area (Å²) >= 11 is 0. The van der Waals surface area contributed by atoms with Gasteiger partial charge >= 0.3 is 6.09 Å². The van der Waals surface area contributed by atoms with Crippen LogP contribution in [0.15, 0.2) is 12.3 Å². The highest BCUT2D eigenvalue weighted by atomic mass is 16.6. The summed E-state index contributed by atoms with van der Waals surface area (Å²) in [5, 5.41) is 0. The Labute approximate surface area is 60.3 Å². The molecule has 1 aliphatic heterocycles. The van der Waals surface area contributed by atoms with E-state index in [1.165, 1.54) is 0 Å². The topological polar surface area (TPSA) is 29.5 Å². The first-order valence-corrected chi connectivity index (χ1v) is 3.23. The van der Waals surface area contributed by atoms with Crippen molar-refractivity contribution in [2.45, 2.75) is 19.4 Å². The molecule has 56 valence electrons. The van der Waals surface area contributed by atoms with E-state index in [1.54, 1.807) is 11.9 Å². The Morgan fingerprint density at radius 3 is 2.90 bits per heavy atom. The Morgan fingerprint density at radius 2 is 2.40 bits per heavy atom. The van der Waals surface area contributed by atoms with Crippen molar-refractivity contribution >= 4 is 6.09 Å². The Kier molecular flexibility index (Phi) is 1.66. The van der Waals surface area contributed by atoms with Gasteiger partial charge in [-0.15, -0.1) is 0 Å². The van der Waals surface area contributed by atoms with Crippen LogP contribution in [-0.2, 0) is 4.74 Å². The summed E-state index contributed by atoms with van der Waals surface area (Å²) in [6.07, 6.45) is 0.436. The highest BCUT2D eigenvalue weighted by Gasteiger charge is 2.24. The molecule has 0 N–H and O–H groups in total. The number of cyclic esters (lactones) is 1. The summed E-state index contributed by atoms with van der Waals surface area (Å²) in [5.74, 6) is 0.565. The lowest BCUT2D eigenvalue weighted by molar-refractivity contribution is 0.0951. The number of ether oxygens (including phenoxy) is 1. The minimum absolute atomic E-state index is 0.216. The van der Waals surface area contributed by atoms with Gasteiger partial charge in [0.15, 0.2) is 0 Å². The van der Waals surface area contributed by atoms with Crippen molar-refractivity contribution in [3.05, 3.63) is 12.3 Å². The predicted octanol–water partition coefficient (Wildman–Crippen LogP) is 1.36. The van der Waals surface area contributed by atoms with Gasteiger partial charge in [0.2, 0.25) is 0 Å². The largest absolute Gasteiger partial charge is 0.415 e. The molecule has 1 saturated heterocycles. The normalized spacial score (nSPS) is 26.6. The minimum atomic E-state index is -0.302. The fraction of sp³-hybridized carbons (Fsp3) is 0.571. The van der Waals surface area contributed by atoms with Crippen molar-refractivity contribution in [2.24, 2.45) is 0 Å². The summed E-state index contributed by atoms with van der Waals surface area (Å²) < 4.78 is 4.76. The van der Waals surface area contributed by atoms with Gasteiger partial charge in [-0.3, -0.25) is 0 Å². The molecule has 0 aromatic heterocycles. The second-order valence-electron chi connectivity index (χ2n) is 2.57. The molecule has 1 aliphatic rings. The third-order valence-electron chi connectivity index (χ3n) is 1.70. The van der Waals surface area contributed by atoms with E-state index in [0.717, 1.165) is 6.42 Å². The van der Waals surface area contributed by atoms with Gasteiger partial charge in [-0.25, -0.2) is 4.79 Å². The monoisotopic (exact) mass is 141 g/mol. The Morgan fingerprint density at radius 1 is 1.80 bits per heavy atom. The number of rotatable bonds is 0.